The third kappa shape index (κ3) is 5.34. The summed E-state index contributed by atoms with van der Waals surface area (Å²) in [6.45, 7) is 2.18. The SMILES string of the molecule is O=C(/C=C/c1ccc(Br)cc1)NCCCN1CCCC1=O. The average molecular weight is 351 g/mol. The summed E-state index contributed by atoms with van der Waals surface area (Å²) in [4.78, 5) is 24.9. The minimum absolute atomic E-state index is 0.106. The molecule has 2 amide bonds. The standard InChI is InChI=1S/C16H19BrN2O2/c17-14-7-4-13(5-8-14)6-9-15(20)18-10-2-12-19-11-1-3-16(19)21/h4-9H,1-3,10-12H2,(H,18,20)/b9-6+. The molecule has 2 rings (SSSR count). The normalized spacial score (nSPS) is 14.9. The largest absolute Gasteiger partial charge is 0.352 e. The molecular weight excluding hydrogens is 332 g/mol. The molecule has 0 aliphatic carbocycles. The summed E-state index contributed by atoms with van der Waals surface area (Å²) in [5.74, 6) is 0.127. The molecule has 1 fully saturated rings. The fourth-order valence-corrected chi connectivity index (χ4v) is 2.49. The number of carbonyl (C=O) groups is 2. The minimum Gasteiger partial charge on any atom is -0.352 e. The van der Waals surface area contributed by atoms with Crippen LogP contribution in [-0.2, 0) is 9.59 Å². The molecule has 0 aromatic heterocycles. The van der Waals surface area contributed by atoms with Gasteiger partial charge in [0.05, 0.1) is 0 Å². The Bertz CT molecular complexity index is 526. The molecular formula is C16H19BrN2O2. The molecule has 4 nitrogen and oxygen atoms in total. The van der Waals surface area contributed by atoms with Crippen LogP contribution in [0.4, 0.5) is 0 Å². The maximum Gasteiger partial charge on any atom is 0.244 e. The Morgan fingerprint density at radius 3 is 2.76 bits per heavy atom. The average Bonchev–Trinajstić information content (AvgIpc) is 2.88. The molecule has 1 aliphatic rings. The van der Waals surface area contributed by atoms with E-state index in [1.165, 1.54) is 6.08 Å². The van der Waals surface area contributed by atoms with Crippen LogP contribution < -0.4 is 5.32 Å². The van der Waals surface area contributed by atoms with Gasteiger partial charge in [0, 0.05) is 36.6 Å². The van der Waals surface area contributed by atoms with Crippen LogP contribution in [0.3, 0.4) is 0 Å². The lowest BCUT2D eigenvalue weighted by molar-refractivity contribution is -0.127. The number of carbonyl (C=O) groups excluding carboxylic acids is 2. The molecule has 1 saturated heterocycles. The lowest BCUT2D eigenvalue weighted by atomic mass is 10.2. The van der Waals surface area contributed by atoms with Crippen LogP contribution in [0.25, 0.3) is 6.08 Å². The number of hydrogen-bond donors (Lipinski definition) is 1. The molecule has 1 N–H and O–H groups in total. The first-order valence-corrected chi connectivity index (χ1v) is 7.94. The van der Waals surface area contributed by atoms with Gasteiger partial charge < -0.3 is 10.2 Å². The lowest BCUT2D eigenvalue weighted by Crippen LogP contribution is -2.29. The third-order valence-corrected chi connectivity index (χ3v) is 3.90. The van der Waals surface area contributed by atoms with Gasteiger partial charge >= 0.3 is 0 Å². The molecule has 1 aliphatic heterocycles. The highest BCUT2D eigenvalue weighted by atomic mass is 79.9. The first kappa shape index (κ1) is 15.8. The maximum atomic E-state index is 11.7. The van der Waals surface area contributed by atoms with Gasteiger partial charge in [-0.3, -0.25) is 9.59 Å². The van der Waals surface area contributed by atoms with Gasteiger partial charge in [0.25, 0.3) is 0 Å². The number of likely N-dealkylation sites (tertiary alicyclic amines) is 1. The van der Waals surface area contributed by atoms with Crippen molar-refractivity contribution in [3.05, 3.63) is 40.4 Å². The lowest BCUT2D eigenvalue weighted by Gasteiger charge is -2.14. The van der Waals surface area contributed by atoms with E-state index in [0.29, 0.717) is 13.0 Å². The van der Waals surface area contributed by atoms with Gasteiger partial charge in [-0.05, 0) is 36.6 Å². The second kappa shape index (κ2) is 7.98. The van der Waals surface area contributed by atoms with E-state index in [1.807, 2.05) is 29.2 Å². The number of hydrogen-bond acceptors (Lipinski definition) is 2. The van der Waals surface area contributed by atoms with Gasteiger partial charge in [0.2, 0.25) is 11.8 Å². The van der Waals surface area contributed by atoms with Crippen LogP contribution in [0, 0.1) is 0 Å². The smallest absolute Gasteiger partial charge is 0.244 e. The summed E-state index contributed by atoms with van der Waals surface area (Å²) in [6.07, 6.45) is 5.74. The Hall–Kier alpha value is -1.62. The first-order chi connectivity index (χ1) is 10.1. The van der Waals surface area contributed by atoms with Crippen molar-refractivity contribution < 1.29 is 9.59 Å². The molecule has 0 saturated carbocycles. The van der Waals surface area contributed by atoms with Crippen molar-refractivity contribution in [3.63, 3.8) is 0 Å². The van der Waals surface area contributed by atoms with Crippen LogP contribution in [0.1, 0.15) is 24.8 Å². The van der Waals surface area contributed by atoms with Crippen molar-refractivity contribution in [2.24, 2.45) is 0 Å². The van der Waals surface area contributed by atoms with Gasteiger partial charge in [-0.1, -0.05) is 28.1 Å². The molecule has 1 aromatic rings. The molecule has 0 radical (unpaired) electrons. The monoisotopic (exact) mass is 350 g/mol. The zero-order valence-electron chi connectivity index (χ0n) is 11.8. The van der Waals surface area contributed by atoms with Gasteiger partial charge in [-0.15, -0.1) is 0 Å². The quantitative estimate of drug-likeness (QED) is 0.633. The molecule has 1 aromatic carbocycles. The summed E-state index contributed by atoms with van der Waals surface area (Å²) in [7, 11) is 0. The van der Waals surface area contributed by atoms with Gasteiger partial charge in [0.15, 0.2) is 0 Å². The Morgan fingerprint density at radius 2 is 2.10 bits per heavy atom. The molecule has 0 unspecified atom stereocenters. The van der Waals surface area contributed by atoms with E-state index in [0.717, 1.165) is 36.0 Å². The van der Waals surface area contributed by atoms with E-state index in [9.17, 15) is 9.59 Å². The number of benzene rings is 1. The third-order valence-electron chi connectivity index (χ3n) is 3.37. The highest BCUT2D eigenvalue weighted by Crippen LogP contribution is 2.11. The first-order valence-electron chi connectivity index (χ1n) is 7.14. The van der Waals surface area contributed by atoms with Crippen molar-refractivity contribution in [2.45, 2.75) is 19.3 Å². The van der Waals surface area contributed by atoms with Crippen molar-refractivity contribution in [1.29, 1.82) is 0 Å². The summed E-state index contributed by atoms with van der Waals surface area (Å²) < 4.78 is 1.01. The summed E-state index contributed by atoms with van der Waals surface area (Å²) in [5.41, 5.74) is 0.982. The second-order valence-corrected chi connectivity index (χ2v) is 5.93. The Morgan fingerprint density at radius 1 is 1.33 bits per heavy atom. The Balaban J connectivity index is 1.65. The van der Waals surface area contributed by atoms with E-state index >= 15 is 0 Å². The van der Waals surface area contributed by atoms with Crippen LogP contribution in [0.5, 0.6) is 0 Å². The van der Waals surface area contributed by atoms with E-state index < -0.39 is 0 Å². The van der Waals surface area contributed by atoms with Gasteiger partial charge in [-0.2, -0.15) is 0 Å². The van der Waals surface area contributed by atoms with Crippen molar-refractivity contribution in [3.8, 4) is 0 Å². The number of rotatable bonds is 6. The highest BCUT2D eigenvalue weighted by molar-refractivity contribution is 9.10. The number of halogens is 1. The van der Waals surface area contributed by atoms with E-state index in [2.05, 4.69) is 21.2 Å². The van der Waals surface area contributed by atoms with Crippen LogP contribution in [-0.4, -0.2) is 36.3 Å². The predicted molar refractivity (Wildman–Crippen MR) is 86.6 cm³/mol. The van der Waals surface area contributed by atoms with Crippen molar-refractivity contribution in [2.75, 3.05) is 19.6 Å². The zero-order chi connectivity index (χ0) is 15.1. The Labute approximate surface area is 133 Å². The summed E-state index contributed by atoms with van der Waals surface area (Å²) >= 11 is 3.37. The Kier molecular flexibility index (Phi) is 5.99. The fraction of sp³-hybridized carbons (Fsp3) is 0.375. The van der Waals surface area contributed by atoms with Crippen LogP contribution in [0.2, 0.25) is 0 Å². The highest BCUT2D eigenvalue weighted by Gasteiger charge is 2.18. The zero-order valence-corrected chi connectivity index (χ0v) is 13.4. The number of nitrogens with zero attached hydrogens (tertiary/aromatic N) is 1. The summed E-state index contributed by atoms with van der Waals surface area (Å²) in [6, 6.07) is 7.75. The van der Waals surface area contributed by atoms with E-state index in [4.69, 9.17) is 0 Å². The van der Waals surface area contributed by atoms with Crippen molar-refractivity contribution in [1.82, 2.24) is 10.2 Å². The molecule has 1 heterocycles. The maximum absolute atomic E-state index is 11.7. The van der Waals surface area contributed by atoms with Gasteiger partial charge in [0.1, 0.15) is 0 Å². The van der Waals surface area contributed by atoms with Crippen LogP contribution in [0.15, 0.2) is 34.8 Å². The molecule has 0 bridgehead atoms. The summed E-state index contributed by atoms with van der Waals surface area (Å²) in [5, 5.41) is 2.83. The minimum atomic E-state index is -0.106. The second-order valence-electron chi connectivity index (χ2n) is 5.01. The number of nitrogens with one attached hydrogen (secondary N) is 1. The number of amides is 2. The van der Waals surface area contributed by atoms with Crippen LogP contribution >= 0.6 is 15.9 Å². The fourth-order valence-electron chi connectivity index (χ4n) is 2.23. The molecule has 21 heavy (non-hydrogen) atoms. The molecule has 112 valence electrons. The molecule has 5 heteroatoms. The topological polar surface area (TPSA) is 49.4 Å². The molecule has 0 spiro atoms. The van der Waals surface area contributed by atoms with E-state index in [-0.39, 0.29) is 11.8 Å². The van der Waals surface area contributed by atoms with Crippen molar-refractivity contribution >= 4 is 33.8 Å². The predicted octanol–water partition coefficient (Wildman–Crippen LogP) is 2.59. The van der Waals surface area contributed by atoms with Gasteiger partial charge in [-0.25, -0.2) is 0 Å². The van der Waals surface area contributed by atoms with E-state index in [1.54, 1.807) is 6.08 Å². The molecule has 0 atom stereocenters.